The van der Waals surface area contributed by atoms with Crippen LogP contribution in [0.1, 0.15) is 28.4 Å². The maximum Gasteiger partial charge on any atom is 0.204 e. The Hall–Kier alpha value is -2.89. The van der Waals surface area contributed by atoms with Crippen LogP contribution in [0.25, 0.3) is 0 Å². The second-order valence-corrected chi connectivity index (χ2v) is 4.94. The highest BCUT2D eigenvalue weighted by Gasteiger charge is 2.35. The number of phenols is 3. The average molecular weight is 302 g/mol. The third-order valence-corrected chi connectivity index (χ3v) is 3.59. The molecule has 1 unspecified atom stereocenters. The van der Waals surface area contributed by atoms with Crippen LogP contribution < -0.4 is 9.47 Å². The van der Waals surface area contributed by atoms with E-state index in [1.807, 2.05) is 0 Å². The maximum atomic E-state index is 12.3. The molecule has 1 aliphatic heterocycles. The third-order valence-electron chi connectivity index (χ3n) is 3.59. The number of ether oxygens (including phenoxy) is 2. The molecule has 0 saturated carbocycles. The summed E-state index contributed by atoms with van der Waals surface area (Å²) >= 11 is 0. The van der Waals surface area contributed by atoms with Gasteiger partial charge in [0.2, 0.25) is 5.75 Å². The molecule has 3 rings (SSSR count). The molecule has 0 bridgehead atoms. The van der Waals surface area contributed by atoms with Gasteiger partial charge in [0, 0.05) is 11.6 Å². The van der Waals surface area contributed by atoms with Crippen molar-refractivity contribution in [1.29, 1.82) is 0 Å². The van der Waals surface area contributed by atoms with Crippen molar-refractivity contribution < 1.29 is 29.6 Å². The van der Waals surface area contributed by atoms with E-state index in [-0.39, 0.29) is 46.5 Å². The fourth-order valence-electron chi connectivity index (χ4n) is 2.58. The average Bonchev–Trinajstić information content (AvgIpc) is 2.47. The number of benzene rings is 2. The summed E-state index contributed by atoms with van der Waals surface area (Å²) in [6.45, 7) is 0. The van der Waals surface area contributed by atoms with Crippen LogP contribution in [-0.4, -0.2) is 28.2 Å². The molecule has 0 aliphatic carbocycles. The van der Waals surface area contributed by atoms with Crippen molar-refractivity contribution in [3.8, 4) is 28.7 Å². The highest BCUT2D eigenvalue weighted by molar-refractivity contribution is 6.03. The molecule has 1 atom stereocenters. The van der Waals surface area contributed by atoms with Crippen LogP contribution in [0.5, 0.6) is 28.7 Å². The second kappa shape index (κ2) is 5.14. The molecule has 1 heterocycles. The Morgan fingerprint density at radius 2 is 1.86 bits per heavy atom. The van der Waals surface area contributed by atoms with Crippen molar-refractivity contribution in [1.82, 2.24) is 0 Å². The fraction of sp³-hybridized carbons (Fsp3) is 0.188. The van der Waals surface area contributed by atoms with Gasteiger partial charge in [-0.3, -0.25) is 4.79 Å². The van der Waals surface area contributed by atoms with Gasteiger partial charge in [-0.15, -0.1) is 0 Å². The quantitative estimate of drug-likeness (QED) is 0.789. The molecule has 22 heavy (non-hydrogen) atoms. The summed E-state index contributed by atoms with van der Waals surface area (Å²) in [6, 6.07) is 7.56. The standard InChI is InChI=1S/C16H14O6/c1-21-15-12(20)6-10(18)14-11(19)7-13(22-16(14)15)8-4-2-3-5-9(8)17/h2-6,13,17-18,20H,7H2,1H3. The predicted octanol–water partition coefficient (Wildman–Crippen LogP) is 2.52. The molecule has 6 nitrogen and oxygen atoms in total. The largest absolute Gasteiger partial charge is 0.508 e. The first kappa shape index (κ1) is 14.1. The Balaban J connectivity index is 2.13. The molecule has 0 spiro atoms. The lowest BCUT2D eigenvalue weighted by atomic mass is 9.94. The van der Waals surface area contributed by atoms with Crippen molar-refractivity contribution in [2.24, 2.45) is 0 Å². The Labute approximate surface area is 126 Å². The number of para-hydroxylation sites is 1. The first-order valence-electron chi connectivity index (χ1n) is 6.63. The Morgan fingerprint density at radius 3 is 2.55 bits per heavy atom. The number of hydrogen-bond donors (Lipinski definition) is 3. The van der Waals surface area contributed by atoms with Crippen LogP contribution in [0.4, 0.5) is 0 Å². The van der Waals surface area contributed by atoms with Crippen LogP contribution in [0.2, 0.25) is 0 Å². The summed E-state index contributed by atoms with van der Waals surface area (Å²) < 4.78 is 10.8. The zero-order valence-corrected chi connectivity index (χ0v) is 11.7. The lowest BCUT2D eigenvalue weighted by Crippen LogP contribution is -2.21. The van der Waals surface area contributed by atoms with Crippen LogP contribution in [0, 0.1) is 0 Å². The minimum Gasteiger partial charge on any atom is -0.508 e. The SMILES string of the molecule is COc1c(O)cc(O)c2c1OC(c1ccccc1O)CC2=O. The lowest BCUT2D eigenvalue weighted by Gasteiger charge is -2.27. The molecule has 2 aromatic carbocycles. The third kappa shape index (κ3) is 2.09. The molecule has 0 fully saturated rings. The number of rotatable bonds is 2. The number of ketones is 1. The Bertz CT molecular complexity index is 753. The number of phenolic OH excluding ortho intramolecular Hbond substituents is 3. The zero-order chi connectivity index (χ0) is 15.9. The number of aromatic hydroxyl groups is 3. The number of carbonyl (C=O) groups is 1. The number of carbonyl (C=O) groups excluding carboxylic acids is 1. The van der Waals surface area contributed by atoms with Gasteiger partial charge in [0.25, 0.3) is 0 Å². The number of hydrogen-bond acceptors (Lipinski definition) is 6. The van der Waals surface area contributed by atoms with Crippen LogP contribution in [0.15, 0.2) is 30.3 Å². The van der Waals surface area contributed by atoms with Gasteiger partial charge in [0.05, 0.1) is 13.5 Å². The minimum absolute atomic E-state index is 0.00657. The van der Waals surface area contributed by atoms with Gasteiger partial charge < -0.3 is 24.8 Å². The molecule has 0 amide bonds. The van der Waals surface area contributed by atoms with E-state index in [4.69, 9.17) is 9.47 Å². The van der Waals surface area contributed by atoms with Crippen molar-refractivity contribution >= 4 is 5.78 Å². The van der Waals surface area contributed by atoms with E-state index in [1.165, 1.54) is 13.2 Å². The Kier molecular flexibility index (Phi) is 3.29. The summed E-state index contributed by atoms with van der Waals surface area (Å²) in [5.41, 5.74) is 0.424. The fourth-order valence-corrected chi connectivity index (χ4v) is 2.58. The molecule has 6 heteroatoms. The van der Waals surface area contributed by atoms with Gasteiger partial charge >= 0.3 is 0 Å². The molecule has 0 radical (unpaired) electrons. The van der Waals surface area contributed by atoms with E-state index in [2.05, 4.69) is 0 Å². The minimum atomic E-state index is -0.726. The smallest absolute Gasteiger partial charge is 0.204 e. The van der Waals surface area contributed by atoms with Crippen LogP contribution in [0.3, 0.4) is 0 Å². The van der Waals surface area contributed by atoms with Gasteiger partial charge in [0.1, 0.15) is 23.2 Å². The Morgan fingerprint density at radius 1 is 1.14 bits per heavy atom. The van der Waals surface area contributed by atoms with E-state index >= 15 is 0 Å². The topological polar surface area (TPSA) is 96.2 Å². The second-order valence-electron chi connectivity index (χ2n) is 4.94. The van der Waals surface area contributed by atoms with E-state index in [0.29, 0.717) is 5.56 Å². The summed E-state index contributed by atoms with van der Waals surface area (Å²) in [5, 5.41) is 29.6. The predicted molar refractivity (Wildman–Crippen MR) is 76.7 cm³/mol. The summed E-state index contributed by atoms with van der Waals surface area (Å²) in [5.74, 6) is -1.10. The lowest BCUT2D eigenvalue weighted by molar-refractivity contribution is 0.0833. The van der Waals surface area contributed by atoms with E-state index < -0.39 is 6.10 Å². The number of Topliss-reactive ketones (excluding diaryl/α,β-unsaturated/α-hetero) is 1. The summed E-state index contributed by atoms with van der Waals surface area (Å²) in [7, 11) is 1.32. The van der Waals surface area contributed by atoms with Gasteiger partial charge in [0.15, 0.2) is 17.3 Å². The number of methoxy groups -OCH3 is 1. The van der Waals surface area contributed by atoms with E-state index in [1.54, 1.807) is 18.2 Å². The zero-order valence-electron chi connectivity index (χ0n) is 11.7. The highest BCUT2D eigenvalue weighted by Crippen LogP contribution is 2.50. The molecule has 1 aliphatic rings. The van der Waals surface area contributed by atoms with Gasteiger partial charge in [-0.05, 0) is 6.07 Å². The first-order valence-corrected chi connectivity index (χ1v) is 6.63. The van der Waals surface area contributed by atoms with Crippen molar-refractivity contribution in [2.45, 2.75) is 12.5 Å². The van der Waals surface area contributed by atoms with E-state index in [0.717, 1.165) is 6.07 Å². The summed E-state index contributed by atoms with van der Waals surface area (Å²) in [4.78, 5) is 12.3. The molecule has 0 aromatic heterocycles. The van der Waals surface area contributed by atoms with Gasteiger partial charge in [-0.2, -0.15) is 0 Å². The van der Waals surface area contributed by atoms with Crippen LogP contribution >= 0.6 is 0 Å². The monoisotopic (exact) mass is 302 g/mol. The molecular weight excluding hydrogens is 288 g/mol. The molecular formula is C16H14O6. The van der Waals surface area contributed by atoms with Crippen molar-refractivity contribution in [3.63, 3.8) is 0 Å². The first-order chi connectivity index (χ1) is 10.5. The molecule has 2 aromatic rings. The highest BCUT2D eigenvalue weighted by atomic mass is 16.5. The normalized spacial score (nSPS) is 16.8. The summed E-state index contributed by atoms with van der Waals surface area (Å²) in [6.07, 6.45) is -0.761. The van der Waals surface area contributed by atoms with Gasteiger partial charge in [-0.1, -0.05) is 18.2 Å². The maximum absolute atomic E-state index is 12.3. The van der Waals surface area contributed by atoms with Crippen molar-refractivity contribution in [3.05, 3.63) is 41.5 Å². The molecule has 0 saturated heterocycles. The van der Waals surface area contributed by atoms with E-state index in [9.17, 15) is 20.1 Å². The van der Waals surface area contributed by atoms with Crippen LogP contribution in [-0.2, 0) is 0 Å². The molecule has 3 N–H and O–H groups in total. The molecule has 114 valence electrons. The van der Waals surface area contributed by atoms with Gasteiger partial charge in [-0.25, -0.2) is 0 Å². The van der Waals surface area contributed by atoms with Crippen molar-refractivity contribution in [2.75, 3.05) is 7.11 Å². The number of fused-ring (bicyclic) bond motifs is 1.